The zero-order chi connectivity index (χ0) is 9.97. The molecule has 1 heterocycles. The summed E-state index contributed by atoms with van der Waals surface area (Å²) < 4.78 is 5.14. The fourth-order valence-electron chi connectivity index (χ4n) is 1.49. The highest BCUT2D eigenvalue weighted by atomic mass is 16.6. The van der Waals surface area contributed by atoms with Gasteiger partial charge in [0.1, 0.15) is 5.75 Å². The number of fused-ring (bicyclic) bond motifs is 1. The number of H-pyrrole nitrogens is 1. The monoisotopic (exact) mass is 192 g/mol. The molecular weight excluding hydrogens is 180 g/mol. The molecule has 0 fully saturated rings. The fourth-order valence-corrected chi connectivity index (χ4v) is 1.49. The SMILES string of the molecule is COc1ccc2[nH]cc(CON)c2c1. The topological polar surface area (TPSA) is 60.3 Å². The van der Waals surface area contributed by atoms with Crippen molar-refractivity contribution < 1.29 is 9.57 Å². The van der Waals surface area contributed by atoms with Gasteiger partial charge in [-0.3, -0.25) is 4.84 Å². The third-order valence-electron chi connectivity index (χ3n) is 2.21. The van der Waals surface area contributed by atoms with Gasteiger partial charge in [0, 0.05) is 22.7 Å². The van der Waals surface area contributed by atoms with Crippen molar-refractivity contribution in [3.05, 3.63) is 30.0 Å². The molecule has 0 aliphatic carbocycles. The Morgan fingerprint density at radius 1 is 1.43 bits per heavy atom. The molecule has 0 aliphatic heterocycles. The van der Waals surface area contributed by atoms with Crippen LogP contribution in [0.2, 0.25) is 0 Å². The summed E-state index contributed by atoms with van der Waals surface area (Å²) in [5.74, 6) is 5.87. The maximum absolute atomic E-state index is 5.14. The second-order valence-electron chi connectivity index (χ2n) is 3.04. The number of benzene rings is 1. The largest absolute Gasteiger partial charge is 0.497 e. The van der Waals surface area contributed by atoms with Gasteiger partial charge in [0.25, 0.3) is 0 Å². The highest BCUT2D eigenvalue weighted by Crippen LogP contribution is 2.23. The average molecular weight is 192 g/mol. The summed E-state index contributed by atoms with van der Waals surface area (Å²) in [5.41, 5.74) is 2.08. The Morgan fingerprint density at radius 2 is 2.29 bits per heavy atom. The van der Waals surface area contributed by atoms with Crippen LogP contribution in [0.25, 0.3) is 10.9 Å². The minimum Gasteiger partial charge on any atom is -0.497 e. The molecule has 74 valence electrons. The molecule has 2 aromatic rings. The van der Waals surface area contributed by atoms with Crippen molar-refractivity contribution in [2.75, 3.05) is 7.11 Å². The molecule has 4 nitrogen and oxygen atoms in total. The molecule has 0 saturated carbocycles. The first kappa shape index (κ1) is 9.05. The Hall–Kier alpha value is -1.52. The molecule has 0 saturated heterocycles. The minimum atomic E-state index is 0.396. The summed E-state index contributed by atoms with van der Waals surface area (Å²) in [6.07, 6.45) is 1.89. The summed E-state index contributed by atoms with van der Waals surface area (Å²) in [5, 5.41) is 1.08. The molecule has 0 aliphatic rings. The van der Waals surface area contributed by atoms with Crippen LogP contribution in [0.3, 0.4) is 0 Å². The highest BCUT2D eigenvalue weighted by molar-refractivity contribution is 5.84. The Kier molecular flexibility index (Phi) is 2.39. The number of methoxy groups -OCH3 is 1. The molecule has 0 atom stereocenters. The molecule has 4 heteroatoms. The lowest BCUT2D eigenvalue weighted by atomic mass is 10.2. The van der Waals surface area contributed by atoms with E-state index in [2.05, 4.69) is 9.82 Å². The zero-order valence-corrected chi connectivity index (χ0v) is 7.91. The van der Waals surface area contributed by atoms with Gasteiger partial charge in [0.2, 0.25) is 0 Å². The summed E-state index contributed by atoms with van der Waals surface area (Å²) in [7, 11) is 1.65. The Labute approximate surface area is 81.6 Å². The van der Waals surface area contributed by atoms with Crippen LogP contribution in [0.15, 0.2) is 24.4 Å². The standard InChI is InChI=1S/C10H12N2O2/c1-13-8-2-3-10-9(4-8)7(5-12-10)6-14-11/h2-5,12H,6,11H2,1H3. The van der Waals surface area contributed by atoms with E-state index in [-0.39, 0.29) is 0 Å². The van der Waals surface area contributed by atoms with Gasteiger partial charge in [0.05, 0.1) is 13.7 Å². The van der Waals surface area contributed by atoms with Crippen LogP contribution >= 0.6 is 0 Å². The number of nitrogens with two attached hydrogens (primary N) is 1. The smallest absolute Gasteiger partial charge is 0.119 e. The molecular formula is C10H12N2O2. The number of aromatic amines is 1. The summed E-state index contributed by atoms with van der Waals surface area (Å²) >= 11 is 0. The Bertz CT molecular complexity index is 437. The quantitative estimate of drug-likeness (QED) is 0.725. The molecule has 2 rings (SSSR count). The zero-order valence-electron chi connectivity index (χ0n) is 7.91. The number of hydrogen-bond acceptors (Lipinski definition) is 3. The molecule has 1 aromatic heterocycles. The van der Waals surface area contributed by atoms with Gasteiger partial charge in [-0.25, -0.2) is 5.90 Å². The predicted molar refractivity (Wildman–Crippen MR) is 53.8 cm³/mol. The maximum atomic E-state index is 5.14. The minimum absolute atomic E-state index is 0.396. The van der Waals surface area contributed by atoms with E-state index in [4.69, 9.17) is 10.6 Å². The van der Waals surface area contributed by atoms with Crippen molar-refractivity contribution in [1.29, 1.82) is 0 Å². The normalized spacial score (nSPS) is 10.7. The van der Waals surface area contributed by atoms with E-state index in [1.165, 1.54) is 0 Å². The van der Waals surface area contributed by atoms with Gasteiger partial charge in [-0.1, -0.05) is 0 Å². The molecule has 0 bridgehead atoms. The van der Waals surface area contributed by atoms with E-state index in [1.807, 2.05) is 24.4 Å². The second-order valence-corrected chi connectivity index (χ2v) is 3.04. The number of nitrogens with one attached hydrogen (secondary N) is 1. The third kappa shape index (κ3) is 1.45. The fraction of sp³-hybridized carbons (Fsp3) is 0.200. The predicted octanol–water partition coefficient (Wildman–Crippen LogP) is 1.57. The van der Waals surface area contributed by atoms with Crippen molar-refractivity contribution in [1.82, 2.24) is 4.98 Å². The van der Waals surface area contributed by atoms with E-state index in [1.54, 1.807) is 7.11 Å². The van der Waals surface area contributed by atoms with Crippen LogP contribution in [-0.4, -0.2) is 12.1 Å². The van der Waals surface area contributed by atoms with Crippen LogP contribution in [0.5, 0.6) is 5.75 Å². The lowest BCUT2D eigenvalue weighted by Crippen LogP contribution is -1.97. The van der Waals surface area contributed by atoms with Crippen molar-refractivity contribution >= 4 is 10.9 Å². The van der Waals surface area contributed by atoms with E-state index in [9.17, 15) is 0 Å². The van der Waals surface area contributed by atoms with Crippen LogP contribution in [0, 0.1) is 0 Å². The van der Waals surface area contributed by atoms with Crippen LogP contribution < -0.4 is 10.6 Å². The third-order valence-corrected chi connectivity index (χ3v) is 2.21. The molecule has 3 N–H and O–H groups in total. The van der Waals surface area contributed by atoms with Crippen molar-refractivity contribution in [2.45, 2.75) is 6.61 Å². The van der Waals surface area contributed by atoms with E-state index in [0.717, 1.165) is 22.2 Å². The first-order chi connectivity index (χ1) is 6.85. The molecule has 0 amide bonds. The summed E-state index contributed by atoms with van der Waals surface area (Å²) in [6, 6.07) is 5.83. The van der Waals surface area contributed by atoms with Gasteiger partial charge in [0.15, 0.2) is 0 Å². The lowest BCUT2D eigenvalue weighted by molar-refractivity contribution is 0.125. The van der Waals surface area contributed by atoms with E-state index in [0.29, 0.717) is 6.61 Å². The first-order valence-corrected chi connectivity index (χ1v) is 4.31. The van der Waals surface area contributed by atoms with Crippen LogP contribution in [0.1, 0.15) is 5.56 Å². The number of rotatable bonds is 3. The van der Waals surface area contributed by atoms with Gasteiger partial charge < -0.3 is 9.72 Å². The number of hydrogen-bond donors (Lipinski definition) is 2. The van der Waals surface area contributed by atoms with Crippen molar-refractivity contribution in [3.8, 4) is 5.75 Å². The molecule has 0 unspecified atom stereocenters. The summed E-state index contributed by atoms with van der Waals surface area (Å²) in [4.78, 5) is 7.74. The van der Waals surface area contributed by atoms with Gasteiger partial charge in [-0.2, -0.15) is 0 Å². The van der Waals surface area contributed by atoms with Crippen LogP contribution in [0.4, 0.5) is 0 Å². The lowest BCUT2D eigenvalue weighted by Gasteiger charge is -2.00. The maximum Gasteiger partial charge on any atom is 0.119 e. The van der Waals surface area contributed by atoms with E-state index >= 15 is 0 Å². The first-order valence-electron chi connectivity index (χ1n) is 4.31. The molecule has 0 radical (unpaired) electrons. The van der Waals surface area contributed by atoms with E-state index < -0.39 is 0 Å². The highest BCUT2D eigenvalue weighted by Gasteiger charge is 2.04. The Balaban J connectivity index is 2.52. The average Bonchev–Trinajstić information content (AvgIpc) is 2.61. The molecule has 1 aromatic carbocycles. The Morgan fingerprint density at radius 3 is 3.00 bits per heavy atom. The van der Waals surface area contributed by atoms with Crippen LogP contribution in [-0.2, 0) is 11.4 Å². The van der Waals surface area contributed by atoms with Gasteiger partial charge >= 0.3 is 0 Å². The van der Waals surface area contributed by atoms with Crippen molar-refractivity contribution in [3.63, 3.8) is 0 Å². The van der Waals surface area contributed by atoms with Crippen molar-refractivity contribution in [2.24, 2.45) is 5.90 Å². The molecule has 14 heavy (non-hydrogen) atoms. The second kappa shape index (κ2) is 3.69. The van der Waals surface area contributed by atoms with Gasteiger partial charge in [-0.05, 0) is 18.2 Å². The summed E-state index contributed by atoms with van der Waals surface area (Å²) in [6.45, 7) is 0.396. The number of aromatic nitrogens is 1. The number of ether oxygens (including phenoxy) is 1. The van der Waals surface area contributed by atoms with Gasteiger partial charge in [-0.15, -0.1) is 0 Å². The molecule has 0 spiro atoms.